The second-order valence-corrected chi connectivity index (χ2v) is 6.62. The number of benzene rings is 2. The maximum atomic E-state index is 13.0. The van der Waals surface area contributed by atoms with Crippen LogP contribution in [0.15, 0.2) is 65.5 Å². The molecule has 0 fully saturated rings. The fourth-order valence-electron chi connectivity index (χ4n) is 2.74. The summed E-state index contributed by atoms with van der Waals surface area (Å²) in [5, 5.41) is 9.52. The Labute approximate surface area is 177 Å². The molecule has 0 aliphatic heterocycles. The molecule has 0 atom stereocenters. The fraction of sp³-hybridized carbons (Fsp3) is 0.182. The van der Waals surface area contributed by atoms with Crippen molar-refractivity contribution in [2.24, 2.45) is 0 Å². The van der Waals surface area contributed by atoms with E-state index in [0.29, 0.717) is 17.9 Å². The van der Waals surface area contributed by atoms with Gasteiger partial charge in [0.15, 0.2) is 0 Å². The molecule has 0 spiro atoms. The number of aromatic nitrogens is 2. The van der Waals surface area contributed by atoms with Gasteiger partial charge in [0.05, 0.1) is 13.2 Å². The molecule has 0 saturated heterocycles. The van der Waals surface area contributed by atoms with Crippen LogP contribution < -0.4 is 16.2 Å². The molecule has 0 radical (unpaired) electrons. The van der Waals surface area contributed by atoms with Gasteiger partial charge < -0.3 is 15.4 Å². The largest absolute Gasteiger partial charge is 0.383 e. The molecule has 2 aromatic carbocycles. The zero-order valence-electron chi connectivity index (χ0n) is 16.8. The maximum absolute atomic E-state index is 13.0. The van der Waals surface area contributed by atoms with Crippen molar-refractivity contribution in [3.05, 3.63) is 93.7 Å². The van der Waals surface area contributed by atoms with Gasteiger partial charge in [-0.3, -0.25) is 14.4 Å². The fourth-order valence-corrected chi connectivity index (χ4v) is 2.74. The van der Waals surface area contributed by atoms with E-state index in [-0.39, 0.29) is 30.2 Å². The summed E-state index contributed by atoms with van der Waals surface area (Å²) in [7, 11) is 1.51. The highest BCUT2D eigenvalue weighted by Crippen LogP contribution is 2.13. The Kier molecular flexibility index (Phi) is 7.23. The number of hydrogen-bond donors (Lipinski definition) is 2. The second-order valence-electron chi connectivity index (χ2n) is 6.62. The molecule has 2 amide bonds. The molecule has 1 aromatic heterocycles. The Balaban J connectivity index is 1.62. The highest BCUT2D eigenvalue weighted by Gasteiger charge is 2.10. The third-order valence-electron chi connectivity index (χ3n) is 4.35. The first-order chi connectivity index (χ1) is 15.0. The number of anilines is 1. The number of carbonyl (C=O) groups excluding carboxylic acids is 2. The molecule has 31 heavy (non-hydrogen) atoms. The van der Waals surface area contributed by atoms with Crippen LogP contribution in [0.3, 0.4) is 0 Å². The summed E-state index contributed by atoms with van der Waals surface area (Å²) in [5.41, 5.74) is 1.40. The summed E-state index contributed by atoms with van der Waals surface area (Å²) in [5.74, 6) is -1.23. The molecule has 0 aliphatic carbocycles. The van der Waals surface area contributed by atoms with Gasteiger partial charge in [-0.05, 0) is 48.0 Å². The van der Waals surface area contributed by atoms with E-state index < -0.39 is 11.7 Å². The highest BCUT2D eigenvalue weighted by molar-refractivity contribution is 6.04. The van der Waals surface area contributed by atoms with Crippen LogP contribution in [0.25, 0.3) is 0 Å². The normalized spacial score (nSPS) is 10.5. The van der Waals surface area contributed by atoms with Gasteiger partial charge in [-0.1, -0.05) is 12.1 Å². The van der Waals surface area contributed by atoms with Gasteiger partial charge in [-0.25, -0.2) is 9.07 Å². The smallest absolute Gasteiger partial charge is 0.271 e. The van der Waals surface area contributed by atoms with E-state index in [1.165, 1.54) is 48.2 Å². The maximum Gasteiger partial charge on any atom is 0.271 e. The van der Waals surface area contributed by atoms with Crippen molar-refractivity contribution in [2.45, 2.75) is 13.1 Å². The summed E-state index contributed by atoms with van der Waals surface area (Å²) in [6.07, 6.45) is 0. The molecule has 3 rings (SSSR count). The first-order valence-electron chi connectivity index (χ1n) is 9.47. The summed E-state index contributed by atoms with van der Waals surface area (Å²) in [6.45, 7) is 0.735. The first-order valence-corrected chi connectivity index (χ1v) is 9.47. The van der Waals surface area contributed by atoms with Crippen molar-refractivity contribution in [2.75, 3.05) is 19.0 Å². The zero-order valence-corrected chi connectivity index (χ0v) is 16.8. The Morgan fingerprint density at radius 2 is 1.84 bits per heavy atom. The van der Waals surface area contributed by atoms with Crippen LogP contribution in [0.5, 0.6) is 0 Å². The number of rotatable bonds is 8. The lowest BCUT2D eigenvalue weighted by molar-refractivity contribution is 0.0941. The van der Waals surface area contributed by atoms with Crippen molar-refractivity contribution >= 4 is 17.5 Å². The van der Waals surface area contributed by atoms with E-state index >= 15 is 0 Å². The summed E-state index contributed by atoms with van der Waals surface area (Å²) in [4.78, 5) is 36.5. The standard InChI is InChI=1S/C22H21FN4O4/c1-31-12-11-27-20(28)10-9-19(26-27)22(30)24-14-15-3-2-4-18(13-15)25-21(29)16-5-7-17(23)8-6-16/h2-10,13H,11-12,14H2,1H3,(H,24,30)(H,25,29). The molecule has 0 aliphatic rings. The van der Waals surface area contributed by atoms with Crippen molar-refractivity contribution in [3.8, 4) is 0 Å². The lowest BCUT2D eigenvalue weighted by Crippen LogP contribution is -2.30. The first kappa shape index (κ1) is 21.8. The van der Waals surface area contributed by atoms with E-state index in [2.05, 4.69) is 15.7 Å². The van der Waals surface area contributed by atoms with E-state index in [1.54, 1.807) is 24.3 Å². The van der Waals surface area contributed by atoms with Crippen LogP contribution in [0.2, 0.25) is 0 Å². The number of nitrogens with zero attached hydrogens (tertiary/aromatic N) is 2. The average Bonchev–Trinajstić information content (AvgIpc) is 2.77. The quantitative estimate of drug-likeness (QED) is 0.577. The van der Waals surface area contributed by atoms with E-state index in [0.717, 1.165) is 5.56 Å². The van der Waals surface area contributed by atoms with Crippen LogP contribution in [0, 0.1) is 5.82 Å². The number of ether oxygens (including phenoxy) is 1. The number of halogens is 1. The minimum atomic E-state index is -0.438. The van der Waals surface area contributed by atoms with Gasteiger partial charge in [0.2, 0.25) is 0 Å². The van der Waals surface area contributed by atoms with E-state index in [9.17, 15) is 18.8 Å². The van der Waals surface area contributed by atoms with Gasteiger partial charge in [0, 0.05) is 31.0 Å². The van der Waals surface area contributed by atoms with Crippen molar-refractivity contribution < 1.29 is 18.7 Å². The number of methoxy groups -OCH3 is 1. The Bertz CT molecular complexity index is 1130. The topological polar surface area (TPSA) is 102 Å². The van der Waals surface area contributed by atoms with Gasteiger partial charge in [0.1, 0.15) is 11.5 Å². The van der Waals surface area contributed by atoms with Crippen LogP contribution in [-0.2, 0) is 17.8 Å². The number of hydrogen-bond acceptors (Lipinski definition) is 5. The SMILES string of the molecule is COCCn1nc(C(=O)NCc2cccc(NC(=O)c3ccc(F)cc3)c2)ccc1=O. The Morgan fingerprint density at radius 1 is 1.06 bits per heavy atom. The molecule has 0 bridgehead atoms. The molecule has 1 heterocycles. The monoisotopic (exact) mass is 424 g/mol. The zero-order chi connectivity index (χ0) is 22.2. The number of carbonyl (C=O) groups is 2. The average molecular weight is 424 g/mol. The van der Waals surface area contributed by atoms with Crippen LogP contribution in [-0.4, -0.2) is 35.3 Å². The van der Waals surface area contributed by atoms with Gasteiger partial charge >= 0.3 is 0 Å². The van der Waals surface area contributed by atoms with Gasteiger partial charge in [-0.2, -0.15) is 5.10 Å². The molecule has 8 nitrogen and oxygen atoms in total. The lowest BCUT2D eigenvalue weighted by atomic mass is 10.1. The van der Waals surface area contributed by atoms with Crippen molar-refractivity contribution in [1.82, 2.24) is 15.1 Å². The Morgan fingerprint density at radius 3 is 2.58 bits per heavy atom. The predicted molar refractivity (Wildman–Crippen MR) is 112 cm³/mol. The summed E-state index contributed by atoms with van der Waals surface area (Å²) >= 11 is 0. The molecule has 160 valence electrons. The van der Waals surface area contributed by atoms with Gasteiger partial charge in [-0.15, -0.1) is 0 Å². The van der Waals surface area contributed by atoms with Crippen LogP contribution in [0.1, 0.15) is 26.4 Å². The van der Waals surface area contributed by atoms with Crippen molar-refractivity contribution in [3.63, 3.8) is 0 Å². The number of amides is 2. The van der Waals surface area contributed by atoms with Gasteiger partial charge in [0.25, 0.3) is 17.4 Å². The van der Waals surface area contributed by atoms with E-state index in [4.69, 9.17) is 4.74 Å². The second kappa shape index (κ2) is 10.3. The Hall–Kier alpha value is -3.85. The molecule has 3 aromatic rings. The third-order valence-corrected chi connectivity index (χ3v) is 4.35. The summed E-state index contributed by atoms with van der Waals surface area (Å²) in [6, 6.07) is 14.8. The highest BCUT2D eigenvalue weighted by atomic mass is 19.1. The van der Waals surface area contributed by atoms with Crippen LogP contribution >= 0.6 is 0 Å². The molecular formula is C22H21FN4O4. The molecule has 0 saturated carbocycles. The molecule has 0 unspecified atom stereocenters. The molecule has 2 N–H and O–H groups in total. The minimum Gasteiger partial charge on any atom is -0.383 e. The minimum absolute atomic E-state index is 0.108. The molecule has 9 heteroatoms. The number of nitrogens with one attached hydrogen (secondary N) is 2. The summed E-state index contributed by atoms with van der Waals surface area (Å²) < 4.78 is 19.1. The van der Waals surface area contributed by atoms with Crippen molar-refractivity contribution in [1.29, 1.82) is 0 Å². The van der Waals surface area contributed by atoms with Crippen LogP contribution in [0.4, 0.5) is 10.1 Å². The molecular weight excluding hydrogens is 403 g/mol. The third kappa shape index (κ3) is 6.06. The predicted octanol–water partition coefficient (Wildman–Crippen LogP) is 2.21. The lowest BCUT2D eigenvalue weighted by Gasteiger charge is -2.10. The van der Waals surface area contributed by atoms with E-state index in [1.807, 2.05) is 0 Å².